The van der Waals surface area contributed by atoms with Gasteiger partial charge in [0.1, 0.15) is 0 Å². The molecule has 0 amide bonds. The Kier molecular flexibility index (Phi) is 0.798. The van der Waals surface area contributed by atoms with Crippen LogP contribution in [0.5, 0.6) is 0 Å². The minimum atomic E-state index is 0.0787. The second-order valence-electron chi connectivity index (χ2n) is 1.86. The summed E-state index contributed by atoms with van der Waals surface area (Å²) in [6.45, 7) is 0. The Labute approximate surface area is 52.5 Å². The monoisotopic (exact) mass is 122 g/mol. The lowest BCUT2D eigenvalue weighted by atomic mass is 10.3. The summed E-state index contributed by atoms with van der Waals surface area (Å²) in [5.74, 6) is 0. The molecule has 1 N–H and O–H groups in total. The lowest BCUT2D eigenvalue weighted by molar-refractivity contribution is 0.287. The Morgan fingerprint density at radius 1 is 1.44 bits per heavy atom. The third kappa shape index (κ3) is 0.595. The van der Waals surface area contributed by atoms with E-state index < -0.39 is 0 Å². The number of hydrogen-bond acceptors (Lipinski definition) is 4. The molecule has 0 bridgehead atoms. The number of allylic oxidation sites excluding steroid dienone is 2. The van der Waals surface area contributed by atoms with Crippen LogP contribution in [0.25, 0.3) is 0 Å². The third-order valence-electron chi connectivity index (χ3n) is 1.26. The average Bonchev–Trinajstić information content (AvgIpc) is 2.33. The number of rotatable bonds is 0. The minimum Gasteiger partial charge on any atom is -0.248 e. The summed E-state index contributed by atoms with van der Waals surface area (Å²) in [4.78, 5) is 0. The summed E-state index contributed by atoms with van der Waals surface area (Å²) in [7, 11) is 0. The molecule has 0 spiro atoms. The summed E-state index contributed by atoms with van der Waals surface area (Å²) in [5, 5.41) is 9.31. The third-order valence-corrected chi connectivity index (χ3v) is 1.26. The standard InChI is InChI=1S/C5H6N4/c1-2-4-9-5(3-1)6-7-8-9/h1-5H,(H,6,8). The molecule has 1 unspecified atom stereocenters. The summed E-state index contributed by atoms with van der Waals surface area (Å²) < 4.78 is 0. The van der Waals surface area contributed by atoms with Crippen LogP contribution < -0.4 is 5.53 Å². The first-order valence-corrected chi connectivity index (χ1v) is 2.76. The number of hydrogen-bond donors (Lipinski definition) is 1. The number of nitrogens with one attached hydrogen (secondary N) is 1. The highest BCUT2D eigenvalue weighted by molar-refractivity contribution is 5.12. The fourth-order valence-corrected chi connectivity index (χ4v) is 0.810. The van der Waals surface area contributed by atoms with Gasteiger partial charge in [-0.2, -0.15) is 5.53 Å². The lowest BCUT2D eigenvalue weighted by Crippen LogP contribution is -2.31. The van der Waals surface area contributed by atoms with Crippen molar-refractivity contribution in [2.45, 2.75) is 6.17 Å². The Morgan fingerprint density at radius 3 is 3.33 bits per heavy atom. The van der Waals surface area contributed by atoms with E-state index in [1.54, 1.807) is 0 Å². The highest BCUT2D eigenvalue weighted by Crippen LogP contribution is 2.10. The van der Waals surface area contributed by atoms with Crippen molar-refractivity contribution in [1.29, 1.82) is 0 Å². The molecule has 0 aromatic heterocycles. The van der Waals surface area contributed by atoms with E-state index >= 15 is 0 Å². The van der Waals surface area contributed by atoms with Crippen LogP contribution in [0.15, 0.2) is 34.8 Å². The maximum Gasteiger partial charge on any atom is 0.182 e. The molecule has 46 valence electrons. The SMILES string of the molecule is C1=CC2N=NNN2C=C1. The van der Waals surface area contributed by atoms with Gasteiger partial charge in [-0.3, -0.25) is 0 Å². The van der Waals surface area contributed by atoms with E-state index in [9.17, 15) is 0 Å². The van der Waals surface area contributed by atoms with E-state index in [0.717, 1.165) is 0 Å². The predicted molar refractivity (Wildman–Crippen MR) is 31.9 cm³/mol. The second-order valence-corrected chi connectivity index (χ2v) is 1.86. The van der Waals surface area contributed by atoms with Gasteiger partial charge >= 0.3 is 0 Å². The minimum absolute atomic E-state index is 0.0787. The molecular formula is C5H6N4. The Bertz CT molecular complexity index is 193. The van der Waals surface area contributed by atoms with Gasteiger partial charge in [-0.25, -0.2) is 5.01 Å². The summed E-state index contributed by atoms with van der Waals surface area (Å²) >= 11 is 0. The number of fused-ring (bicyclic) bond motifs is 1. The lowest BCUT2D eigenvalue weighted by Gasteiger charge is -2.16. The molecule has 0 radical (unpaired) electrons. The van der Waals surface area contributed by atoms with Gasteiger partial charge in [0.15, 0.2) is 6.17 Å². The van der Waals surface area contributed by atoms with Gasteiger partial charge in [0.05, 0.1) is 0 Å². The molecular weight excluding hydrogens is 116 g/mol. The normalized spacial score (nSPS) is 28.4. The molecule has 0 aromatic rings. The maximum atomic E-state index is 3.86. The van der Waals surface area contributed by atoms with Crippen LogP contribution in [0.3, 0.4) is 0 Å². The van der Waals surface area contributed by atoms with Crippen LogP contribution in [-0.2, 0) is 0 Å². The van der Waals surface area contributed by atoms with E-state index in [1.807, 2.05) is 29.4 Å². The van der Waals surface area contributed by atoms with Crippen LogP contribution in [0.2, 0.25) is 0 Å². The van der Waals surface area contributed by atoms with Crippen molar-refractivity contribution in [2.75, 3.05) is 0 Å². The Balaban J connectivity index is 2.25. The van der Waals surface area contributed by atoms with E-state index in [-0.39, 0.29) is 6.17 Å². The first kappa shape index (κ1) is 4.55. The van der Waals surface area contributed by atoms with Crippen LogP contribution in [-0.4, -0.2) is 11.2 Å². The molecule has 4 nitrogen and oxygen atoms in total. The van der Waals surface area contributed by atoms with Crippen molar-refractivity contribution in [3.05, 3.63) is 24.4 Å². The smallest absolute Gasteiger partial charge is 0.182 e. The zero-order chi connectivity index (χ0) is 6.10. The van der Waals surface area contributed by atoms with Crippen molar-refractivity contribution in [3.63, 3.8) is 0 Å². The average molecular weight is 122 g/mol. The summed E-state index contributed by atoms with van der Waals surface area (Å²) in [6.07, 6.45) is 7.82. The Morgan fingerprint density at radius 2 is 2.44 bits per heavy atom. The molecule has 9 heavy (non-hydrogen) atoms. The number of nitrogens with zero attached hydrogens (tertiary/aromatic N) is 3. The van der Waals surface area contributed by atoms with Crippen LogP contribution in [0, 0.1) is 0 Å². The van der Waals surface area contributed by atoms with Crippen molar-refractivity contribution < 1.29 is 0 Å². The summed E-state index contributed by atoms with van der Waals surface area (Å²) in [6, 6.07) is 0. The molecule has 2 aliphatic rings. The van der Waals surface area contributed by atoms with Gasteiger partial charge in [-0.05, 0) is 12.2 Å². The maximum absolute atomic E-state index is 3.86. The van der Waals surface area contributed by atoms with Crippen molar-refractivity contribution in [1.82, 2.24) is 10.5 Å². The van der Waals surface area contributed by atoms with Gasteiger partial charge in [-0.1, -0.05) is 11.3 Å². The molecule has 4 heteroatoms. The van der Waals surface area contributed by atoms with E-state index in [2.05, 4.69) is 15.9 Å². The van der Waals surface area contributed by atoms with Crippen LogP contribution in [0.1, 0.15) is 0 Å². The van der Waals surface area contributed by atoms with Crippen LogP contribution in [0.4, 0.5) is 0 Å². The molecule has 0 aliphatic carbocycles. The van der Waals surface area contributed by atoms with Crippen molar-refractivity contribution >= 4 is 0 Å². The Hall–Kier alpha value is -1.32. The number of hydrazine groups is 1. The fraction of sp³-hybridized carbons (Fsp3) is 0.200. The van der Waals surface area contributed by atoms with E-state index in [4.69, 9.17) is 0 Å². The van der Waals surface area contributed by atoms with Crippen molar-refractivity contribution in [2.24, 2.45) is 10.3 Å². The molecule has 0 saturated heterocycles. The summed E-state index contributed by atoms with van der Waals surface area (Å²) in [5.41, 5.74) is 2.71. The zero-order valence-corrected chi connectivity index (χ0v) is 4.73. The molecule has 2 heterocycles. The van der Waals surface area contributed by atoms with Gasteiger partial charge in [0.2, 0.25) is 0 Å². The van der Waals surface area contributed by atoms with E-state index in [0.29, 0.717) is 0 Å². The zero-order valence-electron chi connectivity index (χ0n) is 4.73. The molecule has 1 atom stereocenters. The second kappa shape index (κ2) is 1.58. The van der Waals surface area contributed by atoms with Crippen molar-refractivity contribution in [3.8, 4) is 0 Å². The molecule has 0 aromatic carbocycles. The van der Waals surface area contributed by atoms with Crippen LogP contribution >= 0.6 is 0 Å². The largest absolute Gasteiger partial charge is 0.248 e. The first-order chi connectivity index (χ1) is 4.47. The highest BCUT2D eigenvalue weighted by atomic mass is 15.8. The van der Waals surface area contributed by atoms with Gasteiger partial charge in [0.25, 0.3) is 0 Å². The van der Waals surface area contributed by atoms with E-state index in [1.165, 1.54) is 0 Å². The topological polar surface area (TPSA) is 40.0 Å². The van der Waals surface area contributed by atoms with Gasteiger partial charge in [-0.15, -0.1) is 5.11 Å². The molecule has 0 fully saturated rings. The highest BCUT2D eigenvalue weighted by Gasteiger charge is 2.16. The van der Waals surface area contributed by atoms with Gasteiger partial charge < -0.3 is 0 Å². The molecule has 0 saturated carbocycles. The van der Waals surface area contributed by atoms with Gasteiger partial charge in [0, 0.05) is 6.20 Å². The molecule has 2 rings (SSSR count). The predicted octanol–water partition coefficient (Wildman–Crippen LogP) is 0.583. The quantitative estimate of drug-likeness (QED) is 0.510. The first-order valence-electron chi connectivity index (χ1n) is 2.76. The fourth-order valence-electron chi connectivity index (χ4n) is 0.810. The molecule has 2 aliphatic heterocycles.